The Morgan fingerprint density at radius 1 is 1.59 bits per heavy atom. The zero-order valence-corrected chi connectivity index (χ0v) is 10.7. The maximum absolute atomic E-state index is 11.7. The van der Waals surface area contributed by atoms with Crippen LogP contribution < -0.4 is 5.32 Å². The van der Waals surface area contributed by atoms with E-state index in [0.29, 0.717) is 34.9 Å². The van der Waals surface area contributed by atoms with E-state index in [4.69, 9.17) is 8.94 Å². The molecule has 17 heavy (non-hydrogen) atoms. The Bertz CT molecular complexity index is 520. The lowest BCUT2D eigenvalue weighted by molar-refractivity contribution is 0.0951. The third-order valence-electron chi connectivity index (χ3n) is 2.06. The van der Waals surface area contributed by atoms with Crippen LogP contribution in [0, 0.1) is 6.92 Å². The molecule has 0 aliphatic carbocycles. The second-order valence-corrected chi connectivity index (χ2v) is 4.07. The number of halogens is 1. The van der Waals surface area contributed by atoms with Crippen LogP contribution >= 0.6 is 15.9 Å². The van der Waals surface area contributed by atoms with Gasteiger partial charge in [-0.3, -0.25) is 4.79 Å². The molecule has 2 aromatic heterocycles. The van der Waals surface area contributed by atoms with Crippen molar-refractivity contribution in [2.75, 3.05) is 6.54 Å². The summed E-state index contributed by atoms with van der Waals surface area (Å²) in [4.78, 5) is 15.7. The first kappa shape index (κ1) is 11.8. The van der Waals surface area contributed by atoms with E-state index in [2.05, 4.69) is 31.4 Å². The number of aromatic nitrogens is 2. The summed E-state index contributed by atoms with van der Waals surface area (Å²) < 4.78 is 10.3. The van der Waals surface area contributed by atoms with Gasteiger partial charge in [-0.25, -0.2) is 0 Å². The van der Waals surface area contributed by atoms with Crippen molar-refractivity contribution >= 4 is 21.8 Å². The molecule has 0 atom stereocenters. The number of carbonyl (C=O) groups excluding carboxylic acids is 1. The number of nitrogens with zero attached hydrogens (tertiary/aromatic N) is 2. The second-order valence-electron chi connectivity index (χ2n) is 3.35. The smallest absolute Gasteiger partial charge is 0.255 e. The van der Waals surface area contributed by atoms with Gasteiger partial charge in [0.25, 0.3) is 5.91 Å². The number of rotatable bonds is 4. The van der Waals surface area contributed by atoms with Crippen molar-refractivity contribution in [3.05, 3.63) is 34.3 Å². The van der Waals surface area contributed by atoms with Gasteiger partial charge in [-0.1, -0.05) is 5.16 Å². The summed E-state index contributed by atoms with van der Waals surface area (Å²) in [6, 6.07) is 1.59. The van der Waals surface area contributed by atoms with Gasteiger partial charge in [0, 0.05) is 13.0 Å². The van der Waals surface area contributed by atoms with Gasteiger partial charge in [-0.15, -0.1) is 0 Å². The number of carbonyl (C=O) groups is 1. The summed E-state index contributed by atoms with van der Waals surface area (Å²) >= 11 is 3.14. The average molecular weight is 300 g/mol. The van der Waals surface area contributed by atoms with Crippen molar-refractivity contribution < 1.29 is 13.7 Å². The third kappa shape index (κ3) is 2.94. The molecule has 2 heterocycles. The van der Waals surface area contributed by atoms with Crippen LogP contribution in [0.4, 0.5) is 0 Å². The van der Waals surface area contributed by atoms with Crippen LogP contribution in [-0.4, -0.2) is 22.6 Å². The number of nitrogens with one attached hydrogen (secondary N) is 1. The van der Waals surface area contributed by atoms with Crippen LogP contribution in [-0.2, 0) is 6.42 Å². The standard InChI is InChI=1S/C10H10BrN3O3/c1-6-13-8(17-14-6)2-4-12-10(15)7-3-5-16-9(7)11/h3,5H,2,4H2,1H3,(H,12,15). The van der Waals surface area contributed by atoms with Gasteiger partial charge in [-0.2, -0.15) is 4.98 Å². The molecule has 2 aromatic rings. The van der Waals surface area contributed by atoms with Gasteiger partial charge in [-0.05, 0) is 28.9 Å². The Labute approximate surface area is 106 Å². The van der Waals surface area contributed by atoms with Crippen LogP contribution in [0.5, 0.6) is 0 Å². The van der Waals surface area contributed by atoms with E-state index < -0.39 is 0 Å². The van der Waals surface area contributed by atoms with Gasteiger partial charge >= 0.3 is 0 Å². The van der Waals surface area contributed by atoms with Crippen molar-refractivity contribution in [2.24, 2.45) is 0 Å². The highest BCUT2D eigenvalue weighted by Crippen LogP contribution is 2.16. The van der Waals surface area contributed by atoms with Crippen LogP contribution in [0.15, 0.2) is 25.9 Å². The Morgan fingerprint density at radius 3 is 3.00 bits per heavy atom. The van der Waals surface area contributed by atoms with E-state index in [-0.39, 0.29) is 5.91 Å². The zero-order valence-electron chi connectivity index (χ0n) is 9.07. The zero-order chi connectivity index (χ0) is 12.3. The van der Waals surface area contributed by atoms with Gasteiger partial charge in [0.15, 0.2) is 10.5 Å². The lowest BCUT2D eigenvalue weighted by Crippen LogP contribution is -2.25. The molecule has 1 N–H and O–H groups in total. The molecule has 0 fully saturated rings. The fourth-order valence-electron chi connectivity index (χ4n) is 1.28. The number of hydrogen-bond acceptors (Lipinski definition) is 5. The quantitative estimate of drug-likeness (QED) is 0.929. The number of aryl methyl sites for hydroxylation is 1. The molecule has 0 saturated carbocycles. The summed E-state index contributed by atoms with van der Waals surface area (Å²) in [5, 5.41) is 6.38. The predicted molar refractivity (Wildman–Crippen MR) is 61.5 cm³/mol. The highest BCUT2D eigenvalue weighted by Gasteiger charge is 2.12. The average Bonchev–Trinajstić information content (AvgIpc) is 2.87. The number of furan rings is 1. The van der Waals surface area contributed by atoms with Crippen molar-refractivity contribution in [3.63, 3.8) is 0 Å². The molecular formula is C10H10BrN3O3. The third-order valence-corrected chi connectivity index (χ3v) is 2.67. The predicted octanol–water partition coefficient (Wildman–Crippen LogP) is 1.71. The largest absolute Gasteiger partial charge is 0.457 e. The van der Waals surface area contributed by atoms with Crippen molar-refractivity contribution in [2.45, 2.75) is 13.3 Å². The second kappa shape index (κ2) is 5.13. The molecule has 0 saturated heterocycles. The molecule has 0 spiro atoms. The summed E-state index contributed by atoms with van der Waals surface area (Å²) in [6.45, 7) is 2.17. The van der Waals surface area contributed by atoms with Gasteiger partial charge < -0.3 is 14.3 Å². The Kier molecular flexibility index (Phi) is 3.58. The molecule has 0 aliphatic rings. The maximum Gasteiger partial charge on any atom is 0.255 e. The summed E-state index contributed by atoms with van der Waals surface area (Å²) in [6.07, 6.45) is 1.95. The molecule has 0 radical (unpaired) electrons. The van der Waals surface area contributed by atoms with Gasteiger partial charge in [0.2, 0.25) is 5.89 Å². The molecule has 0 bridgehead atoms. The van der Waals surface area contributed by atoms with Crippen LogP contribution in [0.3, 0.4) is 0 Å². The minimum absolute atomic E-state index is 0.207. The van der Waals surface area contributed by atoms with Crippen LogP contribution in [0.1, 0.15) is 22.1 Å². The normalized spacial score (nSPS) is 10.5. The molecule has 0 aromatic carbocycles. The Balaban J connectivity index is 1.83. The first-order valence-electron chi connectivity index (χ1n) is 4.97. The SMILES string of the molecule is Cc1noc(CCNC(=O)c2ccoc2Br)n1. The summed E-state index contributed by atoms with van der Waals surface area (Å²) in [5.41, 5.74) is 0.465. The first-order valence-corrected chi connectivity index (χ1v) is 5.76. The van der Waals surface area contributed by atoms with Crippen LogP contribution in [0.2, 0.25) is 0 Å². The van der Waals surface area contributed by atoms with E-state index in [1.54, 1.807) is 13.0 Å². The minimum atomic E-state index is -0.207. The monoisotopic (exact) mass is 299 g/mol. The lowest BCUT2D eigenvalue weighted by atomic mass is 10.3. The highest BCUT2D eigenvalue weighted by atomic mass is 79.9. The van der Waals surface area contributed by atoms with Crippen molar-refractivity contribution in [1.29, 1.82) is 0 Å². The number of hydrogen-bond donors (Lipinski definition) is 1. The molecule has 0 unspecified atom stereocenters. The highest BCUT2D eigenvalue weighted by molar-refractivity contribution is 9.10. The molecule has 6 nitrogen and oxygen atoms in total. The van der Waals surface area contributed by atoms with E-state index >= 15 is 0 Å². The lowest BCUT2D eigenvalue weighted by Gasteiger charge is -2.00. The van der Waals surface area contributed by atoms with E-state index in [1.807, 2.05) is 0 Å². The molecule has 2 rings (SSSR count). The maximum atomic E-state index is 11.7. The van der Waals surface area contributed by atoms with Gasteiger partial charge in [0.05, 0.1) is 11.8 Å². The first-order chi connectivity index (χ1) is 8.16. The van der Waals surface area contributed by atoms with E-state index in [0.717, 1.165) is 0 Å². The number of amides is 1. The summed E-state index contributed by atoms with van der Waals surface area (Å²) in [7, 11) is 0. The van der Waals surface area contributed by atoms with Gasteiger partial charge in [0.1, 0.15) is 0 Å². The molecule has 1 amide bonds. The minimum Gasteiger partial charge on any atom is -0.457 e. The van der Waals surface area contributed by atoms with Crippen LogP contribution in [0.25, 0.3) is 0 Å². The topological polar surface area (TPSA) is 81.2 Å². The molecule has 90 valence electrons. The van der Waals surface area contributed by atoms with Crippen molar-refractivity contribution in [3.8, 4) is 0 Å². The van der Waals surface area contributed by atoms with Crippen molar-refractivity contribution in [1.82, 2.24) is 15.5 Å². The molecular weight excluding hydrogens is 290 g/mol. The van der Waals surface area contributed by atoms with E-state index in [1.165, 1.54) is 6.26 Å². The van der Waals surface area contributed by atoms with E-state index in [9.17, 15) is 4.79 Å². The fraction of sp³-hybridized carbons (Fsp3) is 0.300. The Morgan fingerprint density at radius 2 is 2.41 bits per heavy atom. The fourth-order valence-corrected chi connectivity index (χ4v) is 1.70. The Hall–Kier alpha value is -1.63. The molecule has 0 aliphatic heterocycles. The molecule has 7 heteroatoms. The summed E-state index contributed by atoms with van der Waals surface area (Å²) in [5.74, 6) is 0.889.